The largest absolute Gasteiger partial charge is 0.460 e. The summed E-state index contributed by atoms with van der Waals surface area (Å²) in [6, 6.07) is 0. The maximum Gasteiger partial charge on any atom is 0.460 e. The predicted octanol–water partition coefficient (Wildman–Crippen LogP) is 6.04. The Labute approximate surface area is 176 Å². The zero-order valence-electron chi connectivity index (χ0n) is 14.9. The number of halogens is 18. The molecule has 0 radical (unpaired) electrons. The Bertz CT molecular complexity index is 801. The highest BCUT2D eigenvalue weighted by molar-refractivity contribution is 7.91. The van der Waals surface area contributed by atoms with Crippen LogP contribution in [-0.2, 0) is 9.84 Å². The van der Waals surface area contributed by atoms with Gasteiger partial charge in [-0.1, -0.05) is 0 Å². The molecule has 0 aromatic carbocycles. The van der Waals surface area contributed by atoms with Gasteiger partial charge in [0.1, 0.15) is 0 Å². The Hall–Kier alpha value is -0.950. The minimum absolute atomic E-state index is 0.882. The van der Waals surface area contributed by atoms with Crippen LogP contribution < -0.4 is 0 Å². The van der Waals surface area contributed by atoms with Gasteiger partial charge in [0, 0.05) is 12.3 Å². The van der Waals surface area contributed by atoms with Crippen molar-refractivity contribution in [3.63, 3.8) is 0 Å². The molecule has 0 aliphatic heterocycles. The van der Waals surface area contributed by atoms with Crippen LogP contribution in [0.4, 0.5) is 74.6 Å². The molecule has 200 valence electrons. The first kappa shape index (κ1) is 32.0. The van der Waals surface area contributed by atoms with Crippen molar-refractivity contribution in [2.45, 2.75) is 54.1 Å². The summed E-state index contributed by atoms with van der Waals surface area (Å²) in [6.07, 6.45) is -10.8. The van der Waals surface area contributed by atoms with E-state index in [9.17, 15) is 83.1 Å². The fraction of sp³-hybridized carbons (Fsp3) is 1.00. The normalized spacial score (nSPS) is 16.3. The molecule has 0 aliphatic rings. The summed E-state index contributed by atoms with van der Waals surface area (Å²) in [5.74, 6) is -61.6. The van der Waals surface area contributed by atoms with Crippen LogP contribution >= 0.6 is 11.6 Å². The molecule has 0 saturated heterocycles. The molecule has 0 fully saturated rings. The molecule has 0 saturated carbocycles. The van der Waals surface area contributed by atoms with E-state index in [-0.39, 0.29) is 0 Å². The van der Waals surface area contributed by atoms with Crippen molar-refractivity contribution in [3.05, 3.63) is 0 Å². The lowest BCUT2D eigenvalue weighted by Crippen LogP contribution is -2.74. The van der Waals surface area contributed by atoms with Gasteiger partial charge >= 0.3 is 47.6 Å². The van der Waals surface area contributed by atoms with Gasteiger partial charge in [0.05, 0.1) is 11.5 Å². The third-order valence-electron chi connectivity index (χ3n) is 3.90. The van der Waals surface area contributed by atoms with E-state index in [0.717, 1.165) is 0 Å². The van der Waals surface area contributed by atoms with Gasteiger partial charge in [-0.3, -0.25) is 0 Å². The number of alkyl halides is 18. The summed E-state index contributed by atoms with van der Waals surface area (Å²) in [4.78, 5) is 0. The van der Waals surface area contributed by atoms with Crippen LogP contribution in [0.15, 0.2) is 0 Å². The number of hydrogen-bond donors (Lipinski definition) is 0. The first-order valence-corrected chi connectivity index (χ1v) is 9.85. The highest BCUT2D eigenvalue weighted by Crippen LogP contribution is 2.64. The molecular weight excluding hydrogens is 567 g/mol. The van der Waals surface area contributed by atoms with Crippen LogP contribution in [0.1, 0.15) is 6.42 Å². The summed E-state index contributed by atoms with van der Waals surface area (Å²) < 4.78 is 243. The van der Waals surface area contributed by atoms with Crippen molar-refractivity contribution in [1.29, 1.82) is 0 Å². The quantitative estimate of drug-likeness (QED) is 0.223. The molecule has 2 nitrogen and oxygen atoms in total. The lowest BCUT2D eigenvalue weighted by atomic mass is 9.88. The molecule has 0 unspecified atom stereocenters. The summed E-state index contributed by atoms with van der Waals surface area (Å²) in [5.41, 5.74) is 0. The Morgan fingerprint density at radius 1 is 0.485 bits per heavy atom. The van der Waals surface area contributed by atoms with Crippen LogP contribution in [0.5, 0.6) is 0 Å². The zero-order chi connectivity index (χ0) is 27.3. The molecule has 33 heavy (non-hydrogen) atoms. The van der Waals surface area contributed by atoms with Crippen LogP contribution in [-0.4, -0.2) is 73.4 Å². The Morgan fingerprint density at radius 3 is 1.09 bits per heavy atom. The topological polar surface area (TPSA) is 34.1 Å². The van der Waals surface area contributed by atoms with Crippen LogP contribution in [0.3, 0.4) is 0 Å². The molecule has 0 N–H and O–H groups in total. The maximum atomic E-state index is 13.5. The fourth-order valence-electron chi connectivity index (χ4n) is 1.86. The monoisotopic (exact) mass is 574 g/mol. The van der Waals surface area contributed by atoms with E-state index in [0.29, 0.717) is 0 Å². The summed E-state index contributed by atoms with van der Waals surface area (Å²) in [5, 5.41) is 0. The lowest BCUT2D eigenvalue weighted by Gasteiger charge is -2.42. The average molecular weight is 575 g/mol. The van der Waals surface area contributed by atoms with E-state index < -0.39 is 81.3 Å². The number of rotatable bonds is 11. The lowest BCUT2D eigenvalue weighted by molar-refractivity contribution is -0.461. The van der Waals surface area contributed by atoms with Crippen molar-refractivity contribution in [1.82, 2.24) is 0 Å². The summed E-state index contributed by atoms with van der Waals surface area (Å²) in [7, 11) is -4.86. The third kappa shape index (κ3) is 4.91. The van der Waals surface area contributed by atoms with E-state index in [1.54, 1.807) is 0 Å². The van der Waals surface area contributed by atoms with Gasteiger partial charge in [0.15, 0.2) is 9.84 Å². The second kappa shape index (κ2) is 8.61. The standard InChI is InChI=1S/C12H8ClF17O2S/c13-2-4-33(31,32)3-1-5(14,15)6(16,17)7(18,19)8(20,21)9(22,23)10(24,25)11(26,27)12(28,29)30/h1-4H2. The number of hydrogen-bond acceptors (Lipinski definition) is 2. The smallest absolute Gasteiger partial charge is 0.229 e. The second-order valence-corrected chi connectivity index (χ2v) is 8.92. The molecule has 0 heterocycles. The molecule has 0 atom stereocenters. The van der Waals surface area contributed by atoms with E-state index in [2.05, 4.69) is 0 Å². The molecular formula is C12H8ClF17O2S. The van der Waals surface area contributed by atoms with Gasteiger partial charge in [-0.15, -0.1) is 11.6 Å². The predicted molar refractivity (Wildman–Crippen MR) is 74.7 cm³/mol. The molecule has 0 aliphatic carbocycles. The Balaban J connectivity index is 6.53. The van der Waals surface area contributed by atoms with Gasteiger partial charge in [-0.05, 0) is 0 Å². The van der Waals surface area contributed by atoms with Gasteiger partial charge in [0.25, 0.3) is 0 Å². The van der Waals surface area contributed by atoms with E-state index in [1.807, 2.05) is 0 Å². The first-order chi connectivity index (χ1) is 14.0. The van der Waals surface area contributed by atoms with Gasteiger partial charge in [-0.2, -0.15) is 74.6 Å². The van der Waals surface area contributed by atoms with Gasteiger partial charge in [-0.25, -0.2) is 8.42 Å². The molecule has 0 aromatic rings. The van der Waals surface area contributed by atoms with Crippen molar-refractivity contribution in [2.24, 2.45) is 0 Å². The molecule has 0 bridgehead atoms. The van der Waals surface area contributed by atoms with Crippen molar-refractivity contribution in [2.75, 3.05) is 17.4 Å². The number of sulfone groups is 1. The molecule has 0 spiro atoms. The molecule has 0 rings (SSSR count). The summed E-state index contributed by atoms with van der Waals surface area (Å²) >= 11 is 4.89. The zero-order valence-corrected chi connectivity index (χ0v) is 16.4. The average Bonchev–Trinajstić information content (AvgIpc) is 2.58. The minimum atomic E-state index is -8.72. The van der Waals surface area contributed by atoms with E-state index in [4.69, 9.17) is 11.6 Å². The minimum Gasteiger partial charge on any atom is -0.229 e. The van der Waals surface area contributed by atoms with Gasteiger partial charge < -0.3 is 0 Å². The van der Waals surface area contributed by atoms with Crippen molar-refractivity contribution >= 4 is 21.4 Å². The highest BCUT2D eigenvalue weighted by atomic mass is 35.5. The molecule has 21 heteroatoms. The third-order valence-corrected chi connectivity index (χ3v) is 5.97. The SMILES string of the molecule is O=S(=O)(CCCl)CCC(F)(F)C(F)(F)C(F)(F)C(F)(F)C(F)(F)C(F)(F)C(F)(F)C(F)(F)F. The fourth-order valence-corrected chi connectivity index (χ4v) is 3.57. The molecule has 0 aromatic heterocycles. The maximum absolute atomic E-state index is 13.5. The van der Waals surface area contributed by atoms with E-state index in [1.165, 1.54) is 0 Å². The first-order valence-electron chi connectivity index (χ1n) is 7.49. The van der Waals surface area contributed by atoms with E-state index >= 15 is 0 Å². The van der Waals surface area contributed by atoms with Crippen molar-refractivity contribution < 1.29 is 83.1 Å². The van der Waals surface area contributed by atoms with Crippen molar-refractivity contribution in [3.8, 4) is 0 Å². The Kier molecular flexibility index (Phi) is 8.37. The van der Waals surface area contributed by atoms with Gasteiger partial charge in [0.2, 0.25) is 0 Å². The second-order valence-electron chi connectivity index (χ2n) is 6.24. The molecule has 0 amide bonds. The Morgan fingerprint density at radius 2 is 0.788 bits per heavy atom. The van der Waals surface area contributed by atoms with Crippen LogP contribution in [0, 0.1) is 0 Å². The van der Waals surface area contributed by atoms with Crippen LogP contribution in [0.25, 0.3) is 0 Å². The highest BCUT2D eigenvalue weighted by Gasteiger charge is 2.95. The summed E-state index contributed by atoms with van der Waals surface area (Å²) in [6.45, 7) is 0. The van der Waals surface area contributed by atoms with Crippen LogP contribution in [0.2, 0.25) is 0 Å².